The zero-order valence-electron chi connectivity index (χ0n) is 12.9. The second-order valence-electron chi connectivity index (χ2n) is 5.62. The van der Waals surface area contributed by atoms with Crippen LogP contribution >= 0.6 is 0 Å². The molecule has 2 aromatic rings. The van der Waals surface area contributed by atoms with Gasteiger partial charge in [0.05, 0.1) is 6.20 Å². The van der Waals surface area contributed by atoms with Gasteiger partial charge in [-0.2, -0.15) is 10.1 Å². The van der Waals surface area contributed by atoms with Gasteiger partial charge in [-0.15, -0.1) is 5.10 Å². The summed E-state index contributed by atoms with van der Waals surface area (Å²) < 4.78 is 10.7. The van der Waals surface area contributed by atoms with E-state index in [0.29, 0.717) is 11.8 Å². The Labute approximate surface area is 134 Å². The summed E-state index contributed by atoms with van der Waals surface area (Å²) in [5.74, 6) is 2.81. The molecular weight excluding hydrogens is 296 g/mol. The summed E-state index contributed by atoms with van der Waals surface area (Å²) in [5, 5.41) is 11.4. The number of rotatable bonds is 3. The number of nitrogens with one attached hydrogen (secondary N) is 1. The number of benzene rings is 1. The summed E-state index contributed by atoms with van der Waals surface area (Å²) in [6, 6.07) is 5.69. The molecule has 2 aliphatic heterocycles. The summed E-state index contributed by atoms with van der Waals surface area (Å²) >= 11 is 0. The molecule has 0 aliphatic carbocycles. The largest absolute Gasteiger partial charge is 0.454 e. The summed E-state index contributed by atoms with van der Waals surface area (Å²) in [5.41, 5.74) is 0.874. The number of aromatic nitrogens is 3. The number of hydrogen-bond donors (Lipinski definition) is 1. The molecule has 0 spiro atoms. The van der Waals surface area contributed by atoms with E-state index in [4.69, 9.17) is 9.47 Å². The maximum Gasteiger partial charge on any atom is 0.247 e. The highest BCUT2D eigenvalue weighted by atomic mass is 16.7. The van der Waals surface area contributed by atoms with Gasteiger partial charge >= 0.3 is 0 Å². The minimum absolute atomic E-state index is 0.265. The van der Waals surface area contributed by atoms with Crippen LogP contribution in [0.2, 0.25) is 0 Å². The zero-order chi connectivity index (χ0) is 15.6. The third kappa shape index (κ3) is 2.98. The lowest BCUT2D eigenvalue weighted by Crippen LogP contribution is -2.45. The third-order valence-electron chi connectivity index (χ3n) is 3.98. The summed E-state index contributed by atoms with van der Waals surface area (Å²) in [6.07, 6.45) is 1.62. The predicted octanol–water partition coefficient (Wildman–Crippen LogP) is 1.10. The van der Waals surface area contributed by atoms with Gasteiger partial charge < -0.3 is 24.6 Å². The van der Waals surface area contributed by atoms with Crippen molar-refractivity contribution in [3.8, 4) is 11.5 Å². The van der Waals surface area contributed by atoms with Crippen LogP contribution in [0.5, 0.6) is 11.5 Å². The molecule has 0 atom stereocenters. The number of hydrogen-bond acceptors (Lipinski definition) is 8. The Bertz CT molecular complexity index is 702. The van der Waals surface area contributed by atoms with Crippen LogP contribution in [0.3, 0.4) is 0 Å². The minimum Gasteiger partial charge on any atom is -0.454 e. The van der Waals surface area contributed by atoms with Crippen LogP contribution in [-0.2, 0) is 0 Å². The molecule has 4 rings (SSSR count). The van der Waals surface area contributed by atoms with E-state index in [1.807, 2.05) is 18.2 Å². The molecule has 1 fully saturated rings. The lowest BCUT2D eigenvalue weighted by molar-refractivity contribution is 0.174. The van der Waals surface area contributed by atoms with Crippen molar-refractivity contribution in [2.45, 2.75) is 0 Å². The lowest BCUT2D eigenvalue weighted by Gasteiger charge is -2.32. The summed E-state index contributed by atoms with van der Waals surface area (Å²) in [7, 11) is 2.12. The van der Waals surface area contributed by atoms with Crippen molar-refractivity contribution in [2.75, 3.05) is 50.2 Å². The predicted molar refractivity (Wildman–Crippen MR) is 85.4 cm³/mol. The van der Waals surface area contributed by atoms with Gasteiger partial charge in [0.15, 0.2) is 17.3 Å². The molecule has 23 heavy (non-hydrogen) atoms. The highest BCUT2D eigenvalue weighted by molar-refractivity contribution is 5.61. The van der Waals surface area contributed by atoms with Crippen LogP contribution in [0.25, 0.3) is 0 Å². The van der Waals surface area contributed by atoms with E-state index in [-0.39, 0.29) is 6.79 Å². The number of piperazine rings is 1. The van der Waals surface area contributed by atoms with Gasteiger partial charge in [-0.3, -0.25) is 0 Å². The average molecular weight is 314 g/mol. The first-order valence-corrected chi connectivity index (χ1v) is 7.58. The molecule has 3 heterocycles. The van der Waals surface area contributed by atoms with Crippen LogP contribution in [0.4, 0.5) is 17.5 Å². The van der Waals surface area contributed by atoms with Crippen LogP contribution in [0, 0.1) is 0 Å². The molecule has 120 valence electrons. The Morgan fingerprint density at radius 2 is 1.91 bits per heavy atom. The molecule has 0 saturated carbocycles. The van der Waals surface area contributed by atoms with Crippen LogP contribution in [0.15, 0.2) is 24.4 Å². The van der Waals surface area contributed by atoms with E-state index in [0.717, 1.165) is 43.4 Å². The van der Waals surface area contributed by atoms with Crippen molar-refractivity contribution in [3.63, 3.8) is 0 Å². The maximum atomic E-state index is 5.38. The van der Waals surface area contributed by atoms with Gasteiger partial charge in [0.1, 0.15) is 0 Å². The van der Waals surface area contributed by atoms with Crippen molar-refractivity contribution in [1.82, 2.24) is 20.1 Å². The third-order valence-corrected chi connectivity index (χ3v) is 3.98. The van der Waals surface area contributed by atoms with Crippen LogP contribution in [0.1, 0.15) is 0 Å². The van der Waals surface area contributed by atoms with E-state index < -0.39 is 0 Å². The number of nitrogens with zero attached hydrogens (tertiary/aromatic N) is 5. The Hall–Kier alpha value is -2.61. The van der Waals surface area contributed by atoms with E-state index in [1.54, 1.807) is 6.20 Å². The smallest absolute Gasteiger partial charge is 0.247 e. The Balaban J connectivity index is 1.50. The van der Waals surface area contributed by atoms with Gasteiger partial charge in [-0.25, -0.2) is 0 Å². The van der Waals surface area contributed by atoms with E-state index in [1.165, 1.54) is 0 Å². The van der Waals surface area contributed by atoms with Crippen molar-refractivity contribution in [1.29, 1.82) is 0 Å². The zero-order valence-corrected chi connectivity index (χ0v) is 12.9. The maximum absolute atomic E-state index is 5.38. The van der Waals surface area contributed by atoms with Crippen LogP contribution in [-0.4, -0.2) is 60.1 Å². The fourth-order valence-corrected chi connectivity index (χ4v) is 2.62. The summed E-state index contributed by atoms with van der Waals surface area (Å²) in [4.78, 5) is 9.00. The Morgan fingerprint density at radius 3 is 2.78 bits per heavy atom. The minimum atomic E-state index is 0.265. The molecule has 0 radical (unpaired) electrons. The van der Waals surface area contributed by atoms with Gasteiger partial charge in [0.2, 0.25) is 12.7 Å². The second-order valence-corrected chi connectivity index (χ2v) is 5.62. The molecule has 0 bridgehead atoms. The fraction of sp³-hybridized carbons (Fsp3) is 0.400. The second kappa shape index (κ2) is 5.88. The average Bonchev–Trinajstić information content (AvgIpc) is 3.03. The van der Waals surface area contributed by atoms with Crippen molar-refractivity contribution < 1.29 is 9.47 Å². The van der Waals surface area contributed by atoms with Gasteiger partial charge in [0, 0.05) is 37.9 Å². The van der Waals surface area contributed by atoms with Crippen molar-refractivity contribution in [3.05, 3.63) is 24.4 Å². The van der Waals surface area contributed by atoms with E-state index in [2.05, 4.69) is 37.3 Å². The molecule has 0 unspecified atom stereocenters. The van der Waals surface area contributed by atoms with Gasteiger partial charge in [-0.1, -0.05) is 0 Å². The Kier molecular flexibility index (Phi) is 3.58. The Morgan fingerprint density at radius 1 is 1.09 bits per heavy atom. The first-order valence-electron chi connectivity index (χ1n) is 7.58. The molecule has 0 amide bonds. The molecule has 1 aromatic heterocycles. The monoisotopic (exact) mass is 314 g/mol. The molecule has 1 saturated heterocycles. The quantitative estimate of drug-likeness (QED) is 0.902. The van der Waals surface area contributed by atoms with Crippen molar-refractivity contribution in [2.24, 2.45) is 0 Å². The molecule has 1 aromatic carbocycles. The van der Waals surface area contributed by atoms with Gasteiger partial charge in [-0.05, 0) is 19.2 Å². The number of likely N-dealkylation sites (N-methyl/N-ethyl adjacent to an activating group) is 1. The summed E-state index contributed by atoms with van der Waals surface area (Å²) in [6.45, 7) is 4.09. The SMILES string of the molecule is CN1CCN(c2nncc(Nc3ccc4c(c3)OCO4)n2)CC1. The fourth-order valence-electron chi connectivity index (χ4n) is 2.62. The topological polar surface area (TPSA) is 75.6 Å². The highest BCUT2D eigenvalue weighted by Crippen LogP contribution is 2.34. The molecule has 8 heteroatoms. The van der Waals surface area contributed by atoms with Gasteiger partial charge in [0.25, 0.3) is 0 Å². The van der Waals surface area contributed by atoms with Crippen LogP contribution < -0.4 is 19.7 Å². The number of fused-ring (bicyclic) bond motifs is 1. The molecule has 1 N–H and O–H groups in total. The van der Waals surface area contributed by atoms with Crippen molar-refractivity contribution >= 4 is 17.5 Å². The van der Waals surface area contributed by atoms with E-state index in [9.17, 15) is 0 Å². The standard InChI is InChI=1S/C15H18N6O2/c1-20-4-6-21(7-5-20)15-18-14(9-16-19-15)17-11-2-3-12-13(8-11)23-10-22-12/h2-3,8-9H,4-7,10H2,1H3,(H,17,18,19). The number of ether oxygens (including phenoxy) is 2. The molecular formula is C15H18N6O2. The lowest BCUT2D eigenvalue weighted by atomic mass is 10.3. The molecule has 8 nitrogen and oxygen atoms in total. The first kappa shape index (κ1) is 14.0. The number of anilines is 3. The highest BCUT2D eigenvalue weighted by Gasteiger charge is 2.17. The van der Waals surface area contributed by atoms with E-state index >= 15 is 0 Å². The first-order chi connectivity index (χ1) is 11.3. The molecule has 2 aliphatic rings. The normalized spacial score (nSPS) is 17.3.